The highest BCUT2D eigenvalue weighted by Gasteiger charge is 2.60. The second kappa shape index (κ2) is 8.52. The summed E-state index contributed by atoms with van der Waals surface area (Å²) in [4.78, 5) is 24.5. The Morgan fingerprint density at radius 2 is 1.94 bits per heavy atom. The van der Waals surface area contributed by atoms with E-state index in [0.717, 1.165) is 37.0 Å². The molecule has 192 valence electrons. The molecular weight excluding hydrogens is 482 g/mol. The van der Waals surface area contributed by atoms with Gasteiger partial charge in [0, 0.05) is 11.3 Å². The fourth-order valence-electron chi connectivity index (χ4n) is 8.70. The van der Waals surface area contributed by atoms with Crippen LogP contribution in [0.2, 0.25) is 0 Å². The highest BCUT2D eigenvalue weighted by molar-refractivity contribution is 7.91. The summed E-state index contributed by atoms with van der Waals surface area (Å²) in [5, 5.41) is 14.9. The fourth-order valence-corrected chi connectivity index (χ4v) is 10.6. The van der Waals surface area contributed by atoms with Gasteiger partial charge in [-0.05, 0) is 104 Å². The molecule has 5 rings (SSSR count). The first kappa shape index (κ1) is 25.2. The van der Waals surface area contributed by atoms with E-state index < -0.39 is 16.0 Å². The van der Waals surface area contributed by atoms with Gasteiger partial charge in [-0.25, -0.2) is 18.4 Å². The maximum atomic E-state index is 12.2. The number of aromatic carboxylic acids is 1. The van der Waals surface area contributed by atoms with Crippen molar-refractivity contribution in [2.24, 2.45) is 45.6 Å². The van der Waals surface area contributed by atoms with E-state index in [2.05, 4.69) is 20.8 Å². The number of nitrogens with two attached hydrogens (primary N) is 1. The summed E-state index contributed by atoms with van der Waals surface area (Å²) in [5.74, 6) is 2.22. The summed E-state index contributed by atoms with van der Waals surface area (Å²) in [6, 6.07) is 1.21. The second-order valence-corrected chi connectivity index (χ2v) is 15.1. The maximum absolute atomic E-state index is 12.2. The first-order chi connectivity index (χ1) is 16.3. The van der Waals surface area contributed by atoms with Crippen LogP contribution < -0.4 is 5.14 Å². The molecule has 4 aliphatic rings. The van der Waals surface area contributed by atoms with Crippen LogP contribution in [0.5, 0.6) is 0 Å². The summed E-state index contributed by atoms with van der Waals surface area (Å²) in [6.07, 6.45) is 10.8. The van der Waals surface area contributed by atoms with E-state index in [1.165, 1.54) is 30.9 Å². The van der Waals surface area contributed by atoms with Gasteiger partial charge in [-0.2, -0.15) is 0 Å². The average molecular weight is 520 g/mol. The Hall–Kier alpha value is -1.51. The van der Waals surface area contributed by atoms with Crippen molar-refractivity contribution in [2.75, 3.05) is 0 Å². The van der Waals surface area contributed by atoms with Crippen LogP contribution in [0.25, 0.3) is 0 Å². The molecule has 0 aliphatic heterocycles. The number of hydrogen-bond donors (Lipinski definition) is 2. The third kappa shape index (κ3) is 4.04. The Labute approximate surface area is 212 Å². The molecule has 1 aromatic rings. The Morgan fingerprint density at radius 1 is 1.20 bits per heavy atom. The monoisotopic (exact) mass is 519 g/mol. The lowest BCUT2D eigenvalue weighted by atomic mass is 9.44. The number of carboxylic acids is 1. The van der Waals surface area contributed by atoms with Gasteiger partial charge in [0.1, 0.15) is 4.21 Å². The SMILES string of the molecule is CC1CC2=CC(=O)CC[C@]2(C)C2CC[C@@]3(C)C(CC[C@@H]3CCc3sc(S(N)(=O)=O)cc3C(=O)O)C12. The zero-order valence-corrected chi connectivity index (χ0v) is 22.5. The van der Waals surface area contributed by atoms with E-state index in [1.54, 1.807) is 0 Å². The van der Waals surface area contributed by atoms with Crippen LogP contribution in [-0.2, 0) is 21.2 Å². The predicted molar refractivity (Wildman–Crippen MR) is 136 cm³/mol. The van der Waals surface area contributed by atoms with E-state index >= 15 is 0 Å². The van der Waals surface area contributed by atoms with Crippen molar-refractivity contribution in [1.82, 2.24) is 0 Å². The number of fused-ring (bicyclic) bond motifs is 5. The number of thiophene rings is 1. The quantitative estimate of drug-likeness (QED) is 0.539. The molecule has 3 fully saturated rings. The number of carbonyl (C=O) groups excluding carboxylic acids is 1. The van der Waals surface area contributed by atoms with Crippen LogP contribution >= 0.6 is 11.3 Å². The normalized spacial score (nSPS) is 38.9. The molecule has 3 N–H and O–H groups in total. The molecular formula is C27H37NO5S2. The molecule has 0 spiro atoms. The lowest BCUT2D eigenvalue weighted by molar-refractivity contribution is -0.118. The van der Waals surface area contributed by atoms with E-state index in [1.807, 2.05) is 6.08 Å². The summed E-state index contributed by atoms with van der Waals surface area (Å²) >= 11 is 1.01. The number of carbonyl (C=O) groups is 2. The van der Waals surface area contributed by atoms with Gasteiger partial charge < -0.3 is 5.11 Å². The number of rotatable bonds is 5. The van der Waals surface area contributed by atoms with E-state index in [-0.39, 0.29) is 20.6 Å². The van der Waals surface area contributed by atoms with Crippen LogP contribution in [-0.4, -0.2) is 25.3 Å². The lowest BCUT2D eigenvalue weighted by Gasteiger charge is -2.60. The summed E-state index contributed by atoms with van der Waals surface area (Å²) in [6.45, 7) is 7.26. The van der Waals surface area contributed by atoms with Gasteiger partial charge in [0.05, 0.1) is 5.56 Å². The number of primary sulfonamides is 1. The fraction of sp³-hybridized carbons (Fsp3) is 0.704. The van der Waals surface area contributed by atoms with Gasteiger partial charge in [-0.3, -0.25) is 4.79 Å². The topological polar surface area (TPSA) is 115 Å². The van der Waals surface area contributed by atoms with Gasteiger partial charge in [0.2, 0.25) is 10.0 Å². The zero-order chi connectivity index (χ0) is 25.3. The first-order valence-corrected chi connectivity index (χ1v) is 15.3. The van der Waals surface area contributed by atoms with E-state index in [9.17, 15) is 23.1 Å². The number of allylic oxidation sites excluding steroid dienone is 1. The van der Waals surface area contributed by atoms with Crippen LogP contribution in [0.4, 0.5) is 0 Å². The van der Waals surface area contributed by atoms with Crippen LogP contribution in [0, 0.1) is 40.4 Å². The van der Waals surface area contributed by atoms with E-state index in [4.69, 9.17) is 5.14 Å². The third-order valence-electron chi connectivity index (χ3n) is 10.5. The van der Waals surface area contributed by atoms with Gasteiger partial charge >= 0.3 is 5.97 Å². The number of sulfonamides is 1. The van der Waals surface area contributed by atoms with Crippen molar-refractivity contribution in [3.8, 4) is 0 Å². The highest BCUT2D eigenvalue weighted by Crippen LogP contribution is 2.68. The standard InChI is InChI=1S/C27H37NO5S2/c1-15-12-17-13-18(29)8-10-27(17,3)21-9-11-26(2)16(4-6-20(26)24(15)21)5-7-22-19(25(30)31)14-23(34-22)35(28,32)33/h13-16,20-21,24H,4-12H2,1-3H3,(H,30,31)(H2,28,32,33)/t15?,16-,20?,21?,24?,26-,27+/m1/s1. The zero-order valence-electron chi connectivity index (χ0n) is 20.9. The molecule has 3 saturated carbocycles. The smallest absolute Gasteiger partial charge is 0.336 e. The summed E-state index contributed by atoms with van der Waals surface area (Å²) in [7, 11) is -3.92. The molecule has 0 saturated heterocycles. The van der Waals surface area contributed by atoms with Crippen LogP contribution in [0.1, 0.15) is 87.4 Å². The second-order valence-electron chi connectivity index (χ2n) is 12.1. The number of carboxylic acid groups (broad SMARTS) is 1. The number of aryl methyl sites for hydroxylation is 1. The molecule has 35 heavy (non-hydrogen) atoms. The maximum Gasteiger partial charge on any atom is 0.336 e. The molecule has 4 unspecified atom stereocenters. The predicted octanol–water partition coefficient (Wildman–Crippen LogP) is 5.42. The molecule has 4 aliphatic carbocycles. The minimum atomic E-state index is -3.92. The van der Waals surface area contributed by atoms with Crippen molar-refractivity contribution in [3.05, 3.63) is 28.2 Å². The van der Waals surface area contributed by atoms with Gasteiger partial charge in [0.15, 0.2) is 5.78 Å². The van der Waals surface area contributed by atoms with Crippen molar-refractivity contribution in [1.29, 1.82) is 0 Å². The van der Waals surface area contributed by atoms with Gasteiger partial charge in [-0.15, -0.1) is 11.3 Å². The van der Waals surface area contributed by atoms with Crippen molar-refractivity contribution in [2.45, 2.75) is 82.8 Å². The molecule has 0 amide bonds. The average Bonchev–Trinajstić information content (AvgIpc) is 3.35. The third-order valence-corrected chi connectivity index (χ3v) is 13.1. The Morgan fingerprint density at radius 3 is 2.63 bits per heavy atom. The van der Waals surface area contributed by atoms with Crippen LogP contribution in [0.3, 0.4) is 0 Å². The molecule has 6 nitrogen and oxygen atoms in total. The molecule has 0 radical (unpaired) electrons. The summed E-state index contributed by atoms with van der Waals surface area (Å²) in [5.41, 5.74) is 1.84. The summed E-state index contributed by atoms with van der Waals surface area (Å²) < 4.78 is 23.5. The number of ketones is 1. The molecule has 1 aromatic heterocycles. The highest BCUT2D eigenvalue weighted by atomic mass is 32.2. The van der Waals surface area contributed by atoms with E-state index in [0.29, 0.717) is 53.1 Å². The van der Waals surface area contributed by atoms with Crippen molar-refractivity contribution < 1.29 is 23.1 Å². The van der Waals surface area contributed by atoms with Crippen molar-refractivity contribution >= 4 is 33.1 Å². The Kier molecular flexibility index (Phi) is 6.12. The molecule has 0 aromatic carbocycles. The Balaban J connectivity index is 1.37. The minimum Gasteiger partial charge on any atom is -0.478 e. The minimum absolute atomic E-state index is 0.0694. The molecule has 8 heteroatoms. The van der Waals surface area contributed by atoms with Crippen LogP contribution in [0.15, 0.2) is 21.9 Å². The molecule has 7 atom stereocenters. The number of hydrogen-bond acceptors (Lipinski definition) is 5. The molecule has 0 bridgehead atoms. The lowest BCUT2D eigenvalue weighted by Crippen LogP contribution is -2.53. The van der Waals surface area contributed by atoms with Gasteiger partial charge in [0.25, 0.3) is 0 Å². The van der Waals surface area contributed by atoms with Gasteiger partial charge in [-0.1, -0.05) is 26.3 Å². The first-order valence-electron chi connectivity index (χ1n) is 13.0. The Bertz CT molecular complexity index is 1200. The van der Waals surface area contributed by atoms with Crippen molar-refractivity contribution in [3.63, 3.8) is 0 Å². The largest absolute Gasteiger partial charge is 0.478 e. The molecule has 1 heterocycles.